The Kier molecular flexibility index (Phi) is 4.73. The standard InChI is InChI=1S/C17H16FNO6S/c1-23-14-8-7-11(18)9-16(14)26(21,22)19-10-15(17(20)24-2)25-13-6-4-3-5-12(13)19/h3-9,15H,10H2,1-2H3/t15-/m1/s1. The summed E-state index contributed by atoms with van der Waals surface area (Å²) in [6.45, 7) is -0.314. The first kappa shape index (κ1) is 18.0. The molecule has 1 aliphatic heterocycles. The van der Waals surface area contributed by atoms with E-state index >= 15 is 0 Å². The second-order valence-corrected chi connectivity index (χ2v) is 7.26. The number of sulfonamides is 1. The van der Waals surface area contributed by atoms with Gasteiger partial charge in [0, 0.05) is 0 Å². The van der Waals surface area contributed by atoms with Crippen molar-refractivity contribution >= 4 is 21.7 Å². The maximum absolute atomic E-state index is 13.7. The molecule has 2 aromatic carbocycles. The Labute approximate surface area is 149 Å². The summed E-state index contributed by atoms with van der Waals surface area (Å²) in [5.74, 6) is -1.25. The summed E-state index contributed by atoms with van der Waals surface area (Å²) >= 11 is 0. The molecule has 0 aliphatic carbocycles. The van der Waals surface area contributed by atoms with Gasteiger partial charge in [-0.1, -0.05) is 12.1 Å². The van der Waals surface area contributed by atoms with Gasteiger partial charge in [0.05, 0.1) is 26.5 Å². The molecule has 0 N–H and O–H groups in total. The number of halogens is 1. The first-order valence-electron chi connectivity index (χ1n) is 7.58. The lowest BCUT2D eigenvalue weighted by Crippen LogP contribution is -2.47. The van der Waals surface area contributed by atoms with Gasteiger partial charge in [0.1, 0.15) is 22.2 Å². The molecule has 1 aliphatic rings. The van der Waals surface area contributed by atoms with Crippen LogP contribution in [-0.4, -0.2) is 41.3 Å². The first-order chi connectivity index (χ1) is 12.4. The van der Waals surface area contributed by atoms with Crippen LogP contribution in [0.4, 0.5) is 10.1 Å². The number of anilines is 1. The van der Waals surface area contributed by atoms with E-state index in [0.29, 0.717) is 0 Å². The number of rotatable bonds is 4. The van der Waals surface area contributed by atoms with Gasteiger partial charge in [-0.2, -0.15) is 0 Å². The minimum absolute atomic E-state index is 0.00927. The number of hydrogen-bond donors (Lipinski definition) is 0. The average Bonchev–Trinajstić information content (AvgIpc) is 2.66. The quantitative estimate of drug-likeness (QED) is 0.753. The fourth-order valence-corrected chi connectivity index (χ4v) is 4.30. The van der Waals surface area contributed by atoms with Crippen LogP contribution in [0.15, 0.2) is 47.4 Å². The third-order valence-electron chi connectivity index (χ3n) is 3.89. The molecule has 0 radical (unpaired) electrons. The fourth-order valence-electron chi connectivity index (χ4n) is 2.65. The van der Waals surface area contributed by atoms with Crippen molar-refractivity contribution in [2.24, 2.45) is 0 Å². The summed E-state index contributed by atoms with van der Waals surface area (Å²) in [5, 5.41) is 0. The van der Waals surface area contributed by atoms with E-state index in [2.05, 4.69) is 4.74 Å². The van der Waals surface area contributed by atoms with Gasteiger partial charge in [0.15, 0.2) is 0 Å². The van der Waals surface area contributed by atoms with E-state index < -0.39 is 27.9 Å². The van der Waals surface area contributed by atoms with E-state index in [1.54, 1.807) is 12.1 Å². The molecule has 1 heterocycles. The average molecular weight is 381 g/mol. The summed E-state index contributed by atoms with van der Waals surface area (Å²) in [6.07, 6.45) is -1.15. The van der Waals surface area contributed by atoms with E-state index in [4.69, 9.17) is 9.47 Å². The van der Waals surface area contributed by atoms with Crippen molar-refractivity contribution in [3.05, 3.63) is 48.3 Å². The summed E-state index contributed by atoms with van der Waals surface area (Å²) in [5.41, 5.74) is 0.235. The van der Waals surface area contributed by atoms with Gasteiger partial charge in [-0.3, -0.25) is 4.31 Å². The number of para-hydroxylation sites is 2. The van der Waals surface area contributed by atoms with E-state index in [1.807, 2.05) is 0 Å². The molecule has 0 saturated carbocycles. The highest BCUT2D eigenvalue weighted by Gasteiger charge is 2.39. The third-order valence-corrected chi connectivity index (χ3v) is 5.69. The molecule has 1 atom stereocenters. The van der Waals surface area contributed by atoms with Crippen molar-refractivity contribution in [2.45, 2.75) is 11.0 Å². The Morgan fingerprint density at radius 2 is 1.96 bits per heavy atom. The van der Waals surface area contributed by atoms with Crippen molar-refractivity contribution in [2.75, 3.05) is 25.1 Å². The number of carbonyl (C=O) groups is 1. The summed E-state index contributed by atoms with van der Waals surface area (Å²) < 4.78 is 56.4. The van der Waals surface area contributed by atoms with Crippen molar-refractivity contribution in [3.8, 4) is 11.5 Å². The van der Waals surface area contributed by atoms with Gasteiger partial charge in [-0.25, -0.2) is 17.6 Å². The number of fused-ring (bicyclic) bond motifs is 1. The highest BCUT2D eigenvalue weighted by molar-refractivity contribution is 7.93. The van der Waals surface area contributed by atoms with Gasteiger partial charge in [-0.15, -0.1) is 0 Å². The number of nitrogens with zero attached hydrogens (tertiary/aromatic N) is 1. The summed E-state index contributed by atoms with van der Waals surface area (Å²) in [7, 11) is -1.77. The van der Waals surface area contributed by atoms with Crippen molar-refractivity contribution in [1.29, 1.82) is 0 Å². The molecule has 138 valence electrons. The van der Waals surface area contributed by atoms with Crippen LogP contribution in [0.25, 0.3) is 0 Å². The molecule has 26 heavy (non-hydrogen) atoms. The van der Waals surface area contributed by atoms with E-state index in [0.717, 1.165) is 16.4 Å². The lowest BCUT2D eigenvalue weighted by molar-refractivity contribution is -0.148. The molecule has 0 fully saturated rings. The van der Waals surface area contributed by atoms with Gasteiger partial charge >= 0.3 is 5.97 Å². The van der Waals surface area contributed by atoms with Gasteiger partial charge < -0.3 is 14.2 Å². The molecule has 0 amide bonds. The maximum Gasteiger partial charge on any atom is 0.348 e. The van der Waals surface area contributed by atoms with Crippen LogP contribution in [0.3, 0.4) is 0 Å². The van der Waals surface area contributed by atoms with Crippen LogP contribution < -0.4 is 13.8 Å². The normalized spacial score (nSPS) is 16.4. The van der Waals surface area contributed by atoms with Crippen LogP contribution >= 0.6 is 0 Å². The molecule has 0 unspecified atom stereocenters. The number of ether oxygens (including phenoxy) is 3. The largest absolute Gasteiger partial charge is 0.495 e. The van der Waals surface area contributed by atoms with E-state index in [1.165, 1.54) is 32.4 Å². The Morgan fingerprint density at radius 3 is 2.65 bits per heavy atom. The molecular formula is C17H16FNO6S. The van der Waals surface area contributed by atoms with Crippen molar-refractivity contribution in [3.63, 3.8) is 0 Å². The molecule has 2 aromatic rings. The summed E-state index contributed by atoms with van der Waals surface area (Å²) in [4.78, 5) is 11.6. The summed E-state index contributed by atoms with van der Waals surface area (Å²) in [6, 6.07) is 9.55. The van der Waals surface area contributed by atoms with Crippen LogP contribution in [-0.2, 0) is 19.6 Å². The molecular weight excluding hydrogens is 365 g/mol. The molecule has 0 bridgehead atoms. The monoisotopic (exact) mass is 381 g/mol. The van der Waals surface area contributed by atoms with Crippen LogP contribution in [0.1, 0.15) is 0 Å². The zero-order chi connectivity index (χ0) is 18.9. The Balaban J connectivity index is 2.14. The third kappa shape index (κ3) is 3.05. The highest BCUT2D eigenvalue weighted by atomic mass is 32.2. The van der Waals surface area contributed by atoms with Crippen LogP contribution in [0, 0.1) is 5.82 Å². The SMILES string of the molecule is COC(=O)[C@H]1CN(S(=O)(=O)c2cc(F)ccc2OC)c2ccccc2O1. The second kappa shape index (κ2) is 6.83. The first-order valence-corrected chi connectivity index (χ1v) is 9.02. The van der Waals surface area contributed by atoms with E-state index in [9.17, 15) is 17.6 Å². The number of methoxy groups -OCH3 is 2. The lowest BCUT2D eigenvalue weighted by Gasteiger charge is -2.34. The smallest absolute Gasteiger partial charge is 0.348 e. The van der Waals surface area contributed by atoms with Crippen molar-refractivity contribution in [1.82, 2.24) is 0 Å². The van der Waals surface area contributed by atoms with Crippen LogP contribution in [0.2, 0.25) is 0 Å². The topological polar surface area (TPSA) is 82.1 Å². The number of carbonyl (C=O) groups excluding carboxylic acids is 1. The Bertz CT molecular complexity index is 946. The second-order valence-electron chi connectivity index (χ2n) is 5.43. The van der Waals surface area contributed by atoms with Crippen molar-refractivity contribution < 1.29 is 31.8 Å². The number of hydrogen-bond acceptors (Lipinski definition) is 6. The predicted octanol–water partition coefficient (Wildman–Crippen LogP) is 1.96. The molecule has 3 rings (SSSR count). The predicted molar refractivity (Wildman–Crippen MR) is 90.4 cm³/mol. The van der Waals surface area contributed by atoms with Gasteiger partial charge in [-0.05, 0) is 30.3 Å². The highest BCUT2D eigenvalue weighted by Crippen LogP contribution is 2.38. The molecule has 9 heteroatoms. The Hall–Kier alpha value is -2.81. The number of benzene rings is 2. The minimum atomic E-state index is -4.23. The lowest BCUT2D eigenvalue weighted by atomic mass is 10.2. The van der Waals surface area contributed by atoms with E-state index in [-0.39, 0.29) is 28.6 Å². The fraction of sp³-hybridized carbons (Fsp3) is 0.235. The Morgan fingerprint density at radius 1 is 1.23 bits per heavy atom. The van der Waals surface area contributed by atoms with Gasteiger partial charge in [0.25, 0.3) is 10.0 Å². The van der Waals surface area contributed by atoms with Gasteiger partial charge in [0.2, 0.25) is 6.10 Å². The zero-order valence-corrected chi connectivity index (χ0v) is 14.8. The zero-order valence-electron chi connectivity index (χ0n) is 14.0. The molecule has 0 spiro atoms. The molecule has 0 aromatic heterocycles. The van der Waals surface area contributed by atoms with Crippen LogP contribution in [0.5, 0.6) is 11.5 Å². The molecule has 7 nitrogen and oxygen atoms in total. The minimum Gasteiger partial charge on any atom is -0.495 e. The molecule has 0 saturated heterocycles. The number of esters is 1. The maximum atomic E-state index is 13.7.